The van der Waals surface area contributed by atoms with Gasteiger partial charge in [-0.3, -0.25) is 9.97 Å². The average molecular weight is 196 g/mol. The number of aromatic nitrogens is 4. The topological polar surface area (TPSA) is 43.1 Å². The molecule has 0 unspecified atom stereocenters. The summed E-state index contributed by atoms with van der Waals surface area (Å²) >= 11 is 0. The Bertz CT molecular complexity index is 553. The number of nitrogens with zero attached hydrogens (tertiary/aromatic N) is 4. The molecule has 15 heavy (non-hydrogen) atoms. The van der Waals surface area contributed by atoms with Crippen LogP contribution >= 0.6 is 0 Å². The van der Waals surface area contributed by atoms with E-state index in [0.29, 0.717) is 0 Å². The summed E-state index contributed by atoms with van der Waals surface area (Å²) in [5.74, 6) is 0. The minimum Gasteiger partial charge on any atom is -0.304 e. The molecule has 3 rings (SSSR count). The molecule has 0 saturated heterocycles. The van der Waals surface area contributed by atoms with Gasteiger partial charge in [0.25, 0.3) is 0 Å². The van der Waals surface area contributed by atoms with Crippen LogP contribution < -0.4 is 0 Å². The third kappa shape index (κ3) is 1.36. The Morgan fingerprint density at radius 1 is 1.00 bits per heavy atom. The van der Waals surface area contributed by atoms with Gasteiger partial charge in [-0.1, -0.05) is 0 Å². The molecule has 72 valence electrons. The van der Waals surface area contributed by atoms with Gasteiger partial charge in [-0.2, -0.15) is 0 Å². The Hall–Kier alpha value is -2.23. The monoisotopic (exact) mass is 196 g/mol. The van der Waals surface area contributed by atoms with Crippen molar-refractivity contribution in [3.8, 4) is 11.3 Å². The largest absolute Gasteiger partial charge is 0.304 e. The van der Waals surface area contributed by atoms with Gasteiger partial charge < -0.3 is 4.40 Å². The van der Waals surface area contributed by atoms with Crippen molar-refractivity contribution in [3.05, 3.63) is 49.3 Å². The van der Waals surface area contributed by atoms with E-state index in [0.717, 1.165) is 16.9 Å². The van der Waals surface area contributed by atoms with Crippen LogP contribution in [0.1, 0.15) is 0 Å². The second-order valence-corrected chi connectivity index (χ2v) is 3.20. The van der Waals surface area contributed by atoms with E-state index in [1.807, 2.05) is 28.9 Å². The second-order valence-electron chi connectivity index (χ2n) is 3.20. The highest BCUT2D eigenvalue weighted by Crippen LogP contribution is 2.16. The Morgan fingerprint density at radius 2 is 1.87 bits per heavy atom. The van der Waals surface area contributed by atoms with Gasteiger partial charge in [-0.05, 0) is 12.1 Å². The van der Waals surface area contributed by atoms with Gasteiger partial charge in [0.15, 0.2) is 5.65 Å². The summed E-state index contributed by atoms with van der Waals surface area (Å²) in [6.45, 7) is 0. The predicted octanol–water partition coefficient (Wildman–Crippen LogP) is 1.79. The number of rotatable bonds is 1. The van der Waals surface area contributed by atoms with Crippen molar-refractivity contribution < 1.29 is 0 Å². The molecule has 0 aliphatic heterocycles. The highest BCUT2D eigenvalue weighted by atomic mass is 15.0. The van der Waals surface area contributed by atoms with E-state index in [2.05, 4.69) is 15.0 Å². The summed E-state index contributed by atoms with van der Waals surface area (Å²) in [6.07, 6.45) is 10.9. The first-order valence-electron chi connectivity index (χ1n) is 4.62. The van der Waals surface area contributed by atoms with E-state index in [4.69, 9.17) is 0 Å². The van der Waals surface area contributed by atoms with Crippen LogP contribution in [0, 0.1) is 0 Å². The van der Waals surface area contributed by atoms with Crippen LogP contribution in [-0.4, -0.2) is 19.4 Å². The van der Waals surface area contributed by atoms with Crippen LogP contribution in [0.3, 0.4) is 0 Å². The van der Waals surface area contributed by atoms with Gasteiger partial charge >= 0.3 is 0 Å². The minimum atomic E-state index is 0.851. The zero-order chi connectivity index (χ0) is 10.1. The standard InChI is InChI=1S/C11H8N4/c1-3-12-4-2-9(1)10-8-15-6-5-13-7-11(15)14-10/h1-8H. The van der Waals surface area contributed by atoms with Crippen LogP contribution in [0.5, 0.6) is 0 Å². The summed E-state index contributed by atoms with van der Waals surface area (Å²) in [4.78, 5) is 12.5. The molecule has 0 spiro atoms. The molecule has 3 aromatic heterocycles. The maximum atomic E-state index is 4.46. The van der Waals surface area contributed by atoms with E-state index in [-0.39, 0.29) is 0 Å². The van der Waals surface area contributed by atoms with Crippen molar-refractivity contribution in [3.63, 3.8) is 0 Å². The first kappa shape index (κ1) is 8.11. The second kappa shape index (κ2) is 3.16. The zero-order valence-electron chi connectivity index (χ0n) is 7.91. The van der Waals surface area contributed by atoms with Crippen LogP contribution in [0.15, 0.2) is 49.3 Å². The van der Waals surface area contributed by atoms with Crippen molar-refractivity contribution in [2.45, 2.75) is 0 Å². The molecule has 0 fully saturated rings. The highest BCUT2D eigenvalue weighted by molar-refractivity contribution is 5.61. The molecule has 3 heterocycles. The summed E-state index contributed by atoms with van der Waals surface area (Å²) in [5, 5.41) is 0. The maximum absolute atomic E-state index is 4.46. The van der Waals surface area contributed by atoms with Crippen LogP contribution in [0.25, 0.3) is 16.9 Å². The molecule has 0 radical (unpaired) electrons. The number of hydrogen-bond donors (Lipinski definition) is 0. The molecular weight excluding hydrogens is 188 g/mol. The number of fused-ring (bicyclic) bond motifs is 1. The molecule has 4 heteroatoms. The highest BCUT2D eigenvalue weighted by Gasteiger charge is 2.02. The lowest BCUT2D eigenvalue weighted by Crippen LogP contribution is -1.81. The first-order chi connectivity index (χ1) is 7.43. The van der Waals surface area contributed by atoms with Crippen LogP contribution in [0.4, 0.5) is 0 Å². The van der Waals surface area contributed by atoms with Gasteiger partial charge in [-0.25, -0.2) is 4.98 Å². The fourth-order valence-corrected chi connectivity index (χ4v) is 1.50. The molecule has 0 amide bonds. The summed E-state index contributed by atoms with van der Waals surface area (Å²) in [7, 11) is 0. The quantitative estimate of drug-likeness (QED) is 0.596. The maximum Gasteiger partial charge on any atom is 0.155 e. The van der Waals surface area contributed by atoms with E-state index in [1.165, 1.54) is 0 Å². The van der Waals surface area contributed by atoms with E-state index in [9.17, 15) is 0 Å². The van der Waals surface area contributed by atoms with Gasteiger partial charge in [0, 0.05) is 36.5 Å². The average Bonchev–Trinajstić information content (AvgIpc) is 2.74. The van der Waals surface area contributed by atoms with Crippen molar-refractivity contribution >= 4 is 5.65 Å². The summed E-state index contributed by atoms with van der Waals surface area (Å²) in [5.41, 5.74) is 2.85. The molecule has 0 aromatic carbocycles. The molecule has 0 N–H and O–H groups in total. The van der Waals surface area contributed by atoms with E-state index < -0.39 is 0 Å². The summed E-state index contributed by atoms with van der Waals surface area (Å²) in [6, 6.07) is 3.88. The molecule has 0 aliphatic rings. The molecule has 0 aliphatic carbocycles. The lowest BCUT2D eigenvalue weighted by molar-refractivity contribution is 1.13. The molecule has 0 atom stereocenters. The van der Waals surface area contributed by atoms with E-state index >= 15 is 0 Å². The van der Waals surface area contributed by atoms with Crippen molar-refractivity contribution in [1.29, 1.82) is 0 Å². The number of imidazole rings is 1. The molecular formula is C11H8N4. The Kier molecular flexibility index (Phi) is 1.71. The van der Waals surface area contributed by atoms with Gasteiger partial charge in [0.1, 0.15) is 0 Å². The predicted molar refractivity (Wildman–Crippen MR) is 56.2 cm³/mol. The number of pyridine rings is 1. The normalized spacial score (nSPS) is 10.7. The molecule has 3 aromatic rings. The SMILES string of the molecule is c1cc(-c2cn3ccncc3n2)ccn1. The fourth-order valence-electron chi connectivity index (χ4n) is 1.50. The Balaban J connectivity index is 2.21. The lowest BCUT2D eigenvalue weighted by atomic mass is 10.2. The van der Waals surface area contributed by atoms with Gasteiger partial charge in [-0.15, -0.1) is 0 Å². The van der Waals surface area contributed by atoms with Gasteiger partial charge in [0.05, 0.1) is 11.9 Å². The zero-order valence-corrected chi connectivity index (χ0v) is 7.91. The smallest absolute Gasteiger partial charge is 0.155 e. The van der Waals surface area contributed by atoms with Crippen molar-refractivity contribution in [1.82, 2.24) is 19.4 Å². The molecule has 0 saturated carbocycles. The minimum absolute atomic E-state index is 0.851. The Labute approximate surface area is 86.3 Å². The van der Waals surface area contributed by atoms with Crippen molar-refractivity contribution in [2.75, 3.05) is 0 Å². The van der Waals surface area contributed by atoms with E-state index in [1.54, 1.807) is 24.8 Å². The third-order valence-corrected chi connectivity index (χ3v) is 2.24. The molecule has 4 nitrogen and oxygen atoms in total. The lowest BCUT2D eigenvalue weighted by Gasteiger charge is -1.91. The molecule has 0 bridgehead atoms. The van der Waals surface area contributed by atoms with Crippen LogP contribution in [0.2, 0.25) is 0 Å². The fraction of sp³-hybridized carbons (Fsp3) is 0. The first-order valence-corrected chi connectivity index (χ1v) is 4.62. The van der Waals surface area contributed by atoms with Gasteiger partial charge in [0.2, 0.25) is 0 Å². The Morgan fingerprint density at radius 3 is 2.67 bits per heavy atom. The number of hydrogen-bond acceptors (Lipinski definition) is 3. The summed E-state index contributed by atoms with van der Waals surface area (Å²) < 4.78 is 1.95. The third-order valence-electron chi connectivity index (χ3n) is 2.24. The van der Waals surface area contributed by atoms with Crippen LogP contribution in [-0.2, 0) is 0 Å². The van der Waals surface area contributed by atoms with Crippen molar-refractivity contribution in [2.24, 2.45) is 0 Å².